The molecule has 1 saturated heterocycles. The first-order valence-electron chi connectivity index (χ1n) is 6.63. The summed E-state index contributed by atoms with van der Waals surface area (Å²) in [6, 6.07) is 7.33. The number of ether oxygens (including phenoxy) is 1. The Hall–Kier alpha value is -1.71. The molecule has 1 aliphatic heterocycles. The Kier molecular flexibility index (Phi) is 3.69. The number of carbonyl (C=O) groups is 1. The van der Waals surface area contributed by atoms with Gasteiger partial charge >= 0.3 is 6.09 Å². The monoisotopic (exact) mass is 263 g/mol. The van der Waals surface area contributed by atoms with Crippen molar-refractivity contribution in [2.75, 3.05) is 6.54 Å². The molecule has 0 bridgehead atoms. The Morgan fingerprint density at radius 1 is 1.37 bits per heavy atom. The lowest BCUT2D eigenvalue weighted by atomic mass is 9.96. The van der Waals surface area contributed by atoms with Gasteiger partial charge < -0.3 is 14.7 Å². The number of aromatic hydroxyl groups is 1. The molecular weight excluding hydrogens is 242 g/mol. The van der Waals surface area contributed by atoms with Gasteiger partial charge in [-0.3, -0.25) is 0 Å². The first-order chi connectivity index (χ1) is 8.85. The minimum Gasteiger partial charge on any atom is -0.508 e. The minimum atomic E-state index is -0.449. The number of rotatable bonds is 2. The zero-order valence-corrected chi connectivity index (χ0v) is 11.7. The van der Waals surface area contributed by atoms with E-state index in [0.29, 0.717) is 0 Å². The van der Waals surface area contributed by atoms with E-state index in [1.807, 2.05) is 32.9 Å². The molecule has 0 unspecified atom stereocenters. The second-order valence-electron chi connectivity index (χ2n) is 5.99. The van der Waals surface area contributed by atoms with Gasteiger partial charge in [0.2, 0.25) is 0 Å². The van der Waals surface area contributed by atoms with E-state index < -0.39 is 5.60 Å². The Morgan fingerprint density at radius 2 is 2.00 bits per heavy atom. The maximum atomic E-state index is 12.0. The molecule has 104 valence electrons. The number of nitrogens with zero attached hydrogens (tertiary/aromatic N) is 1. The summed E-state index contributed by atoms with van der Waals surface area (Å²) in [5.41, 5.74) is 0.673. The normalized spacial score (nSPS) is 18.9. The molecule has 1 aliphatic rings. The van der Waals surface area contributed by atoms with Crippen molar-refractivity contribution in [3.8, 4) is 5.75 Å². The van der Waals surface area contributed by atoms with Gasteiger partial charge in [-0.15, -0.1) is 0 Å². The highest BCUT2D eigenvalue weighted by Gasteiger charge is 2.34. The summed E-state index contributed by atoms with van der Waals surface area (Å²) in [4.78, 5) is 13.7. The van der Waals surface area contributed by atoms with E-state index in [1.54, 1.807) is 17.0 Å². The summed E-state index contributed by atoms with van der Waals surface area (Å²) in [6.07, 6.45) is 1.57. The van der Waals surface area contributed by atoms with E-state index in [-0.39, 0.29) is 17.9 Å². The smallest absolute Gasteiger partial charge is 0.410 e. The Morgan fingerprint density at radius 3 is 2.47 bits per heavy atom. The SMILES string of the molecule is CC(C)(C)OC(=O)N1CC[C@@H]1Cc1ccc(O)cc1. The lowest BCUT2D eigenvalue weighted by molar-refractivity contribution is -0.00498. The molecule has 0 radical (unpaired) electrons. The molecule has 2 rings (SSSR count). The van der Waals surface area contributed by atoms with Crippen LogP contribution in [0.2, 0.25) is 0 Å². The van der Waals surface area contributed by atoms with Gasteiger partial charge in [-0.1, -0.05) is 12.1 Å². The van der Waals surface area contributed by atoms with Crippen LogP contribution in [0.1, 0.15) is 32.8 Å². The summed E-state index contributed by atoms with van der Waals surface area (Å²) in [5.74, 6) is 0.265. The topological polar surface area (TPSA) is 49.8 Å². The molecule has 1 heterocycles. The van der Waals surface area contributed by atoms with Crippen LogP contribution in [0.4, 0.5) is 4.79 Å². The quantitative estimate of drug-likeness (QED) is 0.892. The lowest BCUT2D eigenvalue weighted by Crippen LogP contribution is -2.53. The van der Waals surface area contributed by atoms with E-state index in [2.05, 4.69) is 0 Å². The summed E-state index contributed by atoms with van der Waals surface area (Å²) in [7, 11) is 0. The van der Waals surface area contributed by atoms with E-state index >= 15 is 0 Å². The molecule has 1 aromatic rings. The zero-order chi connectivity index (χ0) is 14.0. The van der Waals surface area contributed by atoms with Gasteiger partial charge in [-0.25, -0.2) is 4.79 Å². The fraction of sp³-hybridized carbons (Fsp3) is 0.533. The highest BCUT2D eigenvalue weighted by molar-refractivity contribution is 5.69. The highest BCUT2D eigenvalue weighted by Crippen LogP contribution is 2.24. The largest absolute Gasteiger partial charge is 0.508 e. The molecule has 0 aliphatic carbocycles. The molecule has 1 atom stereocenters. The predicted molar refractivity (Wildman–Crippen MR) is 73.2 cm³/mol. The van der Waals surface area contributed by atoms with Gasteiger partial charge in [0, 0.05) is 12.6 Å². The van der Waals surface area contributed by atoms with E-state index in [1.165, 1.54) is 0 Å². The summed E-state index contributed by atoms with van der Waals surface area (Å²) in [6.45, 7) is 6.39. The Bertz CT molecular complexity index is 447. The van der Waals surface area contributed by atoms with Crippen LogP contribution in [0.5, 0.6) is 5.75 Å². The fourth-order valence-corrected chi connectivity index (χ4v) is 2.12. The van der Waals surface area contributed by atoms with Crippen molar-refractivity contribution in [3.63, 3.8) is 0 Å². The standard InChI is InChI=1S/C15H21NO3/c1-15(2,3)19-14(18)16-9-8-12(16)10-11-4-6-13(17)7-5-11/h4-7,12,17H,8-10H2,1-3H3/t12-/m1/s1. The number of hydrogen-bond acceptors (Lipinski definition) is 3. The number of benzene rings is 1. The van der Waals surface area contributed by atoms with Gasteiger partial charge in [0.1, 0.15) is 11.4 Å². The molecule has 1 N–H and O–H groups in total. The van der Waals surface area contributed by atoms with Gasteiger partial charge in [0.05, 0.1) is 0 Å². The van der Waals surface area contributed by atoms with Crippen LogP contribution >= 0.6 is 0 Å². The number of amides is 1. The Labute approximate surface area is 114 Å². The van der Waals surface area contributed by atoms with Gasteiger partial charge in [0.25, 0.3) is 0 Å². The third kappa shape index (κ3) is 3.63. The van der Waals surface area contributed by atoms with Crippen LogP contribution in [0.3, 0.4) is 0 Å². The second-order valence-corrected chi connectivity index (χ2v) is 5.99. The summed E-state index contributed by atoms with van der Waals surface area (Å²) >= 11 is 0. The van der Waals surface area contributed by atoms with Crippen LogP contribution in [-0.2, 0) is 11.2 Å². The van der Waals surface area contributed by atoms with E-state index in [4.69, 9.17) is 4.74 Å². The molecular formula is C15H21NO3. The summed E-state index contributed by atoms with van der Waals surface area (Å²) in [5, 5.41) is 9.25. The number of carbonyl (C=O) groups excluding carboxylic acids is 1. The number of phenols is 1. The second kappa shape index (κ2) is 5.11. The van der Waals surface area contributed by atoms with Crippen molar-refractivity contribution in [2.24, 2.45) is 0 Å². The van der Waals surface area contributed by atoms with Gasteiger partial charge in [0.15, 0.2) is 0 Å². The lowest BCUT2D eigenvalue weighted by Gasteiger charge is -2.41. The van der Waals surface area contributed by atoms with Crippen molar-refractivity contribution < 1.29 is 14.6 Å². The minimum absolute atomic E-state index is 0.208. The predicted octanol–water partition coefficient (Wildman–Crippen LogP) is 2.94. The molecule has 0 saturated carbocycles. The molecule has 1 aromatic carbocycles. The zero-order valence-electron chi connectivity index (χ0n) is 11.7. The number of likely N-dealkylation sites (tertiary alicyclic amines) is 1. The molecule has 19 heavy (non-hydrogen) atoms. The highest BCUT2D eigenvalue weighted by atomic mass is 16.6. The first kappa shape index (κ1) is 13.7. The van der Waals surface area contributed by atoms with Crippen LogP contribution in [-0.4, -0.2) is 34.3 Å². The number of phenolic OH excluding ortho intramolecular Hbond substituents is 1. The van der Waals surface area contributed by atoms with Crippen LogP contribution in [0.25, 0.3) is 0 Å². The van der Waals surface area contributed by atoms with E-state index in [0.717, 1.165) is 24.9 Å². The molecule has 0 aromatic heterocycles. The average molecular weight is 263 g/mol. The molecule has 4 heteroatoms. The molecule has 1 fully saturated rings. The van der Waals surface area contributed by atoms with Crippen LogP contribution in [0, 0.1) is 0 Å². The van der Waals surface area contributed by atoms with Crippen molar-refractivity contribution >= 4 is 6.09 Å². The van der Waals surface area contributed by atoms with Crippen molar-refractivity contribution in [2.45, 2.75) is 45.3 Å². The number of hydrogen-bond donors (Lipinski definition) is 1. The maximum Gasteiger partial charge on any atom is 0.410 e. The van der Waals surface area contributed by atoms with Crippen molar-refractivity contribution in [3.05, 3.63) is 29.8 Å². The average Bonchev–Trinajstić information content (AvgIpc) is 2.24. The molecule has 0 spiro atoms. The molecule has 4 nitrogen and oxygen atoms in total. The molecule has 1 amide bonds. The van der Waals surface area contributed by atoms with Crippen LogP contribution in [0.15, 0.2) is 24.3 Å². The first-order valence-corrected chi connectivity index (χ1v) is 6.63. The summed E-state index contributed by atoms with van der Waals surface area (Å²) < 4.78 is 5.38. The van der Waals surface area contributed by atoms with Gasteiger partial charge in [-0.05, 0) is 51.3 Å². The van der Waals surface area contributed by atoms with Crippen molar-refractivity contribution in [1.29, 1.82) is 0 Å². The van der Waals surface area contributed by atoms with E-state index in [9.17, 15) is 9.90 Å². The third-order valence-corrected chi connectivity index (χ3v) is 3.18. The fourth-order valence-electron chi connectivity index (χ4n) is 2.12. The van der Waals surface area contributed by atoms with Crippen LogP contribution < -0.4 is 0 Å². The third-order valence-electron chi connectivity index (χ3n) is 3.18. The van der Waals surface area contributed by atoms with Gasteiger partial charge in [-0.2, -0.15) is 0 Å². The van der Waals surface area contributed by atoms with Crippen molar-refractivity contribution in [1.82, 2.24) is 4.90 Å². The Balaban J connectivity index is 1.92. The maximum absolute atomic E-state index is 12.0.